The van der Waals surface area contributed by atoms with Gasteiger partial charge in [-0.2, -0.15) is 8.42 Å². The molecule has 0 spiro atoms. The Balaban J connectivity index is 2.42. The second-order valence-electron chi connectivity index (χ2n) is 17.5. The van der Waals surface area contributed by atoms with E-state index in [9.17, 15) is 37.9 Å². The minimum atomic E-state index is -4.61. The number of hydrogen-bond donors (Lipinski definition) is 4. The van der Waals surface area contributed by atoms with E-state index in [2.05, 4.69) is 56.4 Å². The predicted octanol–water partition coefficient (Wildman–Crippen LogP) is 11.1. The lowest BCUT2D eigenvalue weighted by atomic mass is 10.00. The number of unbranched alkanes of at least 4 members (excludes halogenated alkanes) is 22. The Kier molecular flexibility index (Phi) is 38.1. The van der Waals surface area contributed by atoms with Gasteiger partial charge in [-0.1, -0.05) is 172 Å². The Bertz CT molecular complexity index is 1360. The molecule has 6 atom stereocenters. The number of carbonyl (C=O) groups is 2. The van der Waals surface area contributed by atoms with Gasteiger partial charge in [0, 0.05) is 12.8 Å². The fourth-order valence-corrected chi connectivity index (χ4v) is 8.14. The quantitative estimate of drug-likeness (QED) is 0.0197. The van der Waals surface area contributed by atoms with Gasteiger partial charge in [-0.25, -0.2) is 0 Å². The van der Waals surface area contributed by atoms with Crippen LogP contribution in [0.2, 0.25) is 0 Å². The molecule has 1 aliphatic rings. The van der Waals surface area contributed by atoms with Gasteiger partial charge >= 0.3 is 11.9 Å². The molecule has 1 aliphatic heterocycles. The predicted molar refractivity (Wildman–Crippen MR) is 256 cm³/mol. The van der Waals surface area contributed by atoms with E-state index in [4.69, 9.17) is 18.9 Å². The number of rotatable bonds is 42. The van der Waals surface area contributed by atoms with Gasteiger partial charge in [-0.05, 0) is 70.6 Å². The Morgan fingerprint density at radius 1 is 0.531 bits per heavy atom. The summed E-state index contributed by atoms with van der Waals surface area (Å²) >= 11 is 0. The molecule has 13 heteroatoms. The van der Waals surface area contributed by atoms with E-state index in [0.717, 1.165) is 51.4 Å². The van der Waals surface area contributed by atoms with Crippen LogP contribution in [0.1, 0.15) is 206 Å². The van der Waals surface area contributed by atoms with Crippen molar-refractivity contribution in [2.45, 2.75) is 243 Å². The van der Waals surface area contributed by atoms with Crippen molar-refractivity contribution < 1.29 is 56.8 Å². The summed E-state index contributed by atoms with van der Waals surface area (Å²) < 4.78 is 54.2. The number of esters is 2. The fourth-order valence-electron chi connectivity index (χ4n) is 7.45. The van der Waals surface area contributed by atoms with Gasteiger partial charge in [0.25, 0.3) is 10.1 Å². The molecule has 64 heavy (non-hydrogen) atoms. The van der Waals surface area contributed by atoms with E-state index < -0.39 is 71.2 Å². The fraction of sp³-hybridized carbons (Fsp3) is 0.804. The molecule has 0 bridgehead atoms. The second kappa shape index (κ2) is 40.8. The highest BCUT2D eigenvalue weighted by atomic mass is 32.2. The third-order valence-corrected chi connectivity index (χ3v) is 12.1. The van der Waals surface area contributed by atoms with Crippen LogP contribution in [-0.4, -0.2) is 96.0 Å². The maximum atomic E-state index is 12.9. The van der Waals surface area contributed by atoms with Gasteiger partial charge in [-0.15, -0.1) is 0 Å². The topological polar surface area (TPSA) is 186 Å². The van der Waals surface area contributed by atoms with Crippen molar-refractivity contribution in [1.29, 1.82) is 0 Å². The van der Waals surface area contributed by atoms with Gasteiger partial charge in [0.2, 0.25) is 0 Å². The van der Waals surface area contributed by atoms with Crippen molar-refractivity contribution in [3.05, 3.63) is 48.6 Å². The normalized spacial score (nSPS) is 20.0. The molecular formula is C51H90O12S. The van der Waals surface area contributed by atoms with E-state index in [1.807, 2.05) is 6.08 Å². The average Bonchev–Trinajstić information content (AvgIpc) is 3.26. The lowest BCUT2D eigenvalue weighted by Crippen LogP contribution is -2.60. The summed E-state index contributed by atoms with van der Waals surface area (Å²) in [7, 11) is -4.61. The first-order valence-corrected chi connectivity index (χ1v) is 26.8. The van der Waals surface area contributed by atoms with E-state index >= 15 is 0 Å². The molecule has 12 nitrogen and oxygen atoms in total. The van der Waals surface area contributed by atoms with Gasteiger partial charge in [0.1, 0.15) is 36.8 Å². The smallest absolute Gasteiger partial charge is 0.306 e. The third-order valence-electron chi connectivity index (χ3n) is 11.4. The minimum absolute atomic E-state index is 0.150. The summed E-state index contributed by atoms with van der Waals surface area (Å²) in [4.78, 5) is 25.5. The summed E-state index contributed by atoms with van der Waals surface area (Å²) in [5.74, 6) is -2.04. The van der Waals surface area contributed by atoms with Crippen molar-refractivity contribution in [3.63, 3.8) is 0 Å². The summed E-state index contributed by atoms with van der Waals surface area (Å²) in [6, 6.07) is 0. The lowest BCUT2D eigenvalue weighted by molar-refractivity contribution is -0.297. The Morgan fingerprint density at radius 2 is 0.953 bits per heavy atom. The summed E-state index contributed by atoms with van der Waals surface area (Å²) in [6.07, 6.45) is 40.1. The van der Waals surface area contributed by atoms with Crippen LogP contribution in [0, 0.1) is 0 Å². The van der Waals surface area contributed by atoms with Crippen LogP contribution in [0.4, 0.5) is 0 Å². The molecule has 0 saturated carbocycles. The zero-order valence-electron chi connectivity index (χ0n) is 39.9. The Hall–Kier alpha value is -2.39. The van der Waals surface area contributed by atoms with E-state index in [1.165, 1.54) is 109 Å². The Morgan fingerprint density at radius 3 is 1.45 bits per heavy atom. The first-order valence-electron chi connectivity index (χ1n) is 25.2. The van der Waals surface area contributed by atoms with E-state index in [1.54, 1.807) is 0 Å². The summed E-state index contributed by atoms with van der Waals surface area (Å²) in [6.45, 7) is 3.71. The van der Waals surface area contributed by atoms with Crippen molar-refractivity contribution in [3.8, 4) is 0 Å². The summed E-state index contributed by atoms with van der Waals surface area (Å²) in [5, 5.41) is 30.9. The van der Waals surface area contributed by atoms with Crippen molar-refractivity contribution >= 4 is 22.1 Å². The minimum Gasteiger partial charge on any atom is -0.462 e. The molecule has 4 N–H and O–H groups in total. The van der Waals surface area contributed by atoms with Crippen LogP contribution in [0.5, 0.6) is 0 Å². The monoisotopic (exact) mass is 927 g/mol. The number of hydrogen-bond acceptors (Lipinski definition) is 11. The molecule has 1 fully saturated rings. The van der Waals surface area contributed by atoms with E-state index in [0.29, 0.717) is 19.3 Å². The van der Waals surface area contributed by atoms with Crippen molar-refractivity contribution in [1.82, 2.24) is 0 Å². The molecule has 372 valence electrons. The lowest BCUT2D eigenvalue weighted by Gasteiger charge is -2.40. The van der Waals surface area contributed by atoms with Crippen molar-refractivity contribution in [2.75, 3.05) is 19.0 Å². The molecule has 1 saturated heterocycles. The number of aliphatic hydroxyl groups excluding tert-OH is 3. The maximum Gasteiger partial charge on any atom is 0.306 e. The van der Waals surface area contributed by atoms with Gasteiger partial charge < -0.3 is 34.3 Å². The molecule has 0 aliphatic carbocycles. The molecule has 0 radical (unpaired) electrons. The molecule has 0 aromatic carbocycles. The SMILES string of the molecule is CCCCC/C=C/C/C=C/CCCCCCCCCCCC(=O)O[C@H](COC(=O)CCC/C=C/C/C=C/CCCCCCCCCCC)CO[C@H]1O[C@H](CS(=O)(=O)O)[C@@H](O)C(O)C1O. The largest absolute Gasteiger partial charge is 0.462 e. The maximum absolute atomic E-state index is 12.9. The number of allylic oxidation sites excluding steroid dienone is 8. The van der Waals surface area contributed by atoms with Crippen molar-refractivity contribution in [2.24, 2.45) is 0 Å². The second-order valence-corrected chi connectivity index (χ2v) is 19.0. The number of aliphatic hydroxyl groups is 3. The highest BCUT2D eigenvalue weighted by Crippen LogP contribution is 2.24. The molecule has 1 heterocycles. The standard InChI is InChI=1S/C51H90O12S/c1-3-5-7-9-11-13-15-17-19-21-22-24-26-28-30-32-34-36-38-40-47(53)62-44(42-61-51-50(56)49(55)48(54)45(63-51)43-64(57,58)59)41-60-46(52)39-37-35-33-31-29-27-25-23-20-18-16-14-12-10-8-6-4-2/h11,13,17,19,25,27,31,33,44-45,48-51,54-56H,3-10,12,14-16,18,20-24,26,28-30,32,34-43H2,1-2H3,(H,57,58,59)/b13-11+,19-17+,27-25+,33-31+/t44-,45-,48-,49?,50?,51+/m1/s1. The third kappa shape index (κ3) is 34.9. The van der Waals surface area contributed by atoms with Crippen LogP contribution in [0.15, 0.2) is 48.6 Å². The molecule has 0 aromatic rings. The Labute approximate surface area is 388 Å². The molecular weight excluding hydrogens is 837 g/mol. The van der Waals surface area contributed by atoms with Crippen LogP contribution in [0.3, 0.4) is 0 Å². The van der Waals surface area contributed by atoms with Gasteiger partial charge in [-0.3, -0.25) is 14.1 Å². The summed E-state index contributed by atoms with van der Waals surface area (Å²) in [5.41, 5.74) is 0. The van der Waals surface area contributed by atoms with Gasteiger partial charge in [0.15, 0.2) is 12.4 Å². The average molecular weight is 927 g/mol. The highest BCUT2D eigenvalue weighted by Gasteiger charge is 2.46. The molecule has 0 amide bonds. The first kappa shape index (κ1) is 59.6. The number of ether oxygens (including phenoxy) is 4. The zero-order chi connectivity index (χ0) is 46.9. The highest BCUT2D eigenvalue weighted by molar-refractivity contribution is 7.85. The van der Waals surface area contributed by atoms with Crippen LogP contribution in [0.25, 0.3) is 0 Å². The van der Waals surface area contributed by atoms with Gasteiger partial charge in [0.05, 0.1) is 6.61 Å². The zero-order valence-corrected chi connectivity index (χ0v) is 40.7. The first-order chi connectivity index (χ1) is 31.0. The molecule has 2 unspecified atom stereocenters. The van der Waals surface area contributed by atoms with Crippen LogP contribution >= 0.6 is 0 Å². The van der Waals surface area contributed by atoms with E-state index in [-0.39, 0.29) is 19.4 Å². The number of carbonyl (C=O) groups excluding carboxylic acids is 2. The van der Waals surface area contributed by atoms with Crippen LogP contribution < -0.4 is 0 Å². The molecule has 1 rings (SSSR count). The molecule has 0 aromatic heterocycles. The van der Waals surface area contributed by atoms with Crippen LogP contribution in [-0.2, 0) is 38.7 Å².